The first kappa shape index (κ1) is 15.2. The van der Waals surface area contributed by atoms with Crippen molar-refractivity contribution in [3.05, 3.63) is 65.4 Å². The molecule has 0 bridgehead atoms. The first-order chi connectivity index (χ1) is 11.1. The van der Waals surface area contributed by atoms with Gasteiger partial charge in [0.15, 0.2) is 0 Å². The predicted molar refractivity (Wildman–Crippen MR) is 85.9 cm³/mol. The van der Waals surface area contributed by atoms with Gasteiger partial charge >= 0.3 is 0 Å². The standard InChI is InChI=1S/C17H18N4O2/c1-12-15(21-8-4-3-5-16(21)19-12)10-20(2)17(23)14-9-13(11-22)6-7-18-14/h3-9,22H,10-11H2,1-2H3. The van der Waals surface area contributed by atoms with Crippen molar-refractivity contribution in [2.45, 2.75) is 20.1 Å². The number of aliphatic hydroxyl groups excluding tert-OH is 1. The van der Waals surface area contributed by atoms with Gasteiger partial charge in [0.25, 0.3) is 5.91 Å². The first-order valence-corrected chi connectivity index (χ1v) is 7.34. The van der Waals surface area contributed by atoms with E-state index in [0.717, 1.165) is 17.0 Å². The third kappa shape index (κ3) is 2.93. The van der Waals surface area contributed by atoms with Crippen LogP contribution >= 0.6 is 0 Å². The van der Waals surface area contributed by atoms with E-state index in [4.69, 9.17) is 0 Å². The van der Waals surface area contributed by atoms with E-state index in [0.29, 0.717) is 17.8 Å². The minimum Gasteiger partial charge on any atom is -0.392 e. The minimum atomic E-state index is -0.189. The number of fused-ring (bicyclic) bond motifs is 1. The van der Waals surface area contributed by atoms with Gasteiger partial charge in [0.1, 0.15) is 11.3 Å². The highest BCUT2D eigenvalue weighted by atomic mass is 16.3. The van der Waals surface area contributed by atoms with E-state index in [2.05, 4.69) is 9.97 Å². The Kier molecular flexibility index (Phi) is 4.08. The molecule has 0 saturated carbocycles. The highest BCUT2D eigenvalue weighted by molar-refractivity contribution is 5.92. The summed E-state index contributed by atoms with van der Waals surface area (Å²) in [5.41, 5.74) is 3.72. The molecule has 6 heteroatoms. The average Bonchev–Trinajstić information content (AvgIpc) is 2.90. The van der Waals surface area contributed by atoms with E-state index in [1.165, 1.54) is 6.20 Å². The Morgan fingerprint density at radius 2 is 2.17 bits per heavy atom. The summed E-state index contributed by atoms with van der Waals surface area (Å²) in [7, 11) is 1.73. The zero-order valence-corrected chi connectivity index (χ0v) is 13.1. The van der Waals surface area contributed by atoms with Crippen LogP contribution in [0.3, 0.4) is 0 Å². The largest absolute Gasteiger partial charge is 0.392 e. The van der Waals surface area contributed by atoms with Crippen LogP contribution in [0, 0.1) is 6.92 Å². The maximum atomic E-state index is 12.5. The smallest absolute Gasteiger partial charge is 0.272 e. The third-order valence-electron chi connectivity index (χ3n) is 3.79. The second kappa shape index (κ2) is 6.18. The lowest BCUT2D eigenvalue weighted by Crippen LogP contribution is -2.28. The first-order valence-electron chi connectivity index (χ1n) is 7.34. The van der Waals surface area contributed by atoms with Gasteiger partial charge < -0.3 is 14.4 Å². The second-order valence-corrected chi connectivity index (χ2v) is 5.44. The molecule has 3 rings (SSSR count). The van der Waals surface area contributed by atoms with E-state index in [-0.39, 0.29) is 12.5 Å². The van der Waals surface area contributed by atoms with Gasteiger partial charge in [0.2, 0.25) is 0 Å². The summed E-state index contributed by atoms with van der Waals surface area (Å²) in [5, 5.41) is 9.18. The molecule has 3 aromatic heterocycles. The predicted octanol–water partition coefficient (Wildman–Crippen LogP) is 1.80. The summed E-state index contributed by atoms with van der Waals surface area (Å²) < 4.78 is 1.98. The molecule has 6 nitrogen and oxygen atoms in total. The van der Waals surface area contributed by atoms with Gasteiger partial charge in [-0.05, 0) is 36.8 Å². The number of nitrogens with zero attached hydrogens (tertiary/aromatic N) is 4. The molecule has 3 heterocycles. The van der Waals surface area contributed by atoms with Gasteiger partial charge in [-0.15, -0.1) is 0 Å². The monoisotopic (exact) mass is 310 g/mol. The number of aliphatic hydroxyl groups is 1. The van der Waals surface area contributed by atoms with Crippen LogP contribution in [0.25, 0.3) is 5.65 Å². The lowest BCUT2D eigenvalue weighted by atomic mass is 10.2. The minimum absolute atomic E-state index is 0.112. The summed E-state index contributed by atoms with van der Waals surface area (Å²) in [6, 6.07) is 9.10. The molecule has 0 radical (unpaired) electrons. The molecule has 118 valence electrons. The molecule has 0 aliphatic heterocycles. The number of hydrogen-bond donors (Lipinski definition) is 1. The molecule has 1 amide bonds. The number of amides is 1. The van der Waals surface area contributed by atoms with Crippen molar-refractivity contribution in [1.29, 1.82) is 0 Å². The van der Waals surface area contributed by atoms with Crippen LogP contribution < -0.4 is 0 Å². The van der Waals surface area contributed by atoms with Crippen molar-refractivity contribution in [1.82, 2.24) is 19.3 Å². The SMILES string of the molecule is Cc1nc2ccccn2c1CN(C)C(=O)c1cc(CO)ccn1. The molecule has 0 aromatic carbocycles. The highest BCUT2D eigenvalue weighted by Crippen LogP contribution is 2.15. The van der Waals surface area contributed by atoms with Crippen LogP contribution in [0.4, 0.5) is 0 Å². The summed E-state index contributed by atoms with van der Waals surface area (Å²) >= 11 is 0. The molecule has 0 fully saturated rings. The van der Waals surface area contributed by atoms with Gasteiger partial charge in [-0.3, -0.25) is 9.78 Å². The summed E-state index contributed by atoms with van der Waals surface area (Å²) in [5.74, 6) is -0.189. The average molecular weight is 310 g/mol. The Morgan fingerprint density at radius 1 is 1.35 bits per heavy atom. The fourth-order valence-electron chi connectivity index (χ4n) is 2.54. The van der Waals surface area contributed by atoms with Gasteiger partial charge in [0.05, 0.1) is 24.5 Å². The van der Waals surface area contributed by atoms with Crippen LogP contribution in [0.15, 0.2) is 42.7 Å². The number of aryl methyl sites for hydroxylation is 1. The number of imidazole rings is 1. The third-order valence-corrected chi connectivity index (χ3v) is 3.79. The maximum Gasteiger partial charge on any atom is 0.272 e. The normalized spacial score (nSPS) is 10.9. The van der Waals surface area contributed by atoms with E-state index in [9.17, 15) is 9.90 Å². The molecule has 0 aliphatic carbocycles. The van der Waals surface area contributed by atoms with Crippen molar-refractivity contribution in [3.63, 3.8) is 0 Å². The van der Waals surface area contributed by atoms with Gasteiger partial charge in [-0.25, -0.2) is 4.98 Å². The fraction of sp³-hybridized carbons (Fsp3) is 0.235. The fourth-order valence-corrected chi connectivity index (χ4v) is 2.54. The van der Waals surface area contributed by atoms with Crippen molar-refractivity contribution in [2.75, 3.05) is 7.05 Å². The Morgan fingerprint density at radius 3 is 2.96 bits per heavy atom. The summed E-state index contributed by atoms with van der Waals surface area (Å²) in [6.45, 7) is 2.26. The topological polar surface area (TPSA) is 70.7 Å². The second-order valence-electron chi connectivity index (χ2n) is 5.44. The molecule has 0 unspecified atom stereocenters. The van der Waals surface area contributed by atoms with Crippen LogP contribution in [0.1, 0.15) is 27.4 Å². The van der Waals surface area contributed by atoms with Crippen LogP contribution in [-0.2, 0) is 13.2 Å². The molecule has 1 N–H and O–H groups in total. The Labute approximate surface area is 134 Å². The molecule has 0 aliphatic rings. The molecule has 23 heavy (non-hydrogen) atoms. The van der Waals surface area contributed by atoms with E-state index < -0.39 is 0 Å². The molecule has 0 spiro atoms. The van der Waals surface area contributed by atoms with E-state index >= 15 is 0 Å². The van der Waals surface area contributed by atoms with Crippen molar-refractivity contribution in [3.8, 4) is 0 Å². The van der Waals surface area contributed by atoms with Crippen LogP contribution in [0.5, 0.6) is 0 Å². The summed E-state index contributed by atoms with van der Waals surface area (Å²) in [6.07, 6.45) is 3.47. The summed E-state index contributed by atoms with van der Waals surface area (Å²) in [4.78, 5) is 22.7. The lowest BCUT2D eigenvalue weighted by Gasteiger charge is -2.17. The Bertz CT molecular complexity index is 857. The van der Waals surface area contributed by atoms with Crippen molar-refractivity contribution in [2.24, 2.45) is 0 Å². The molecular weight excluding hydrogens is 292 g/mol. The molecule has 0 atom stereocenters. The van der Waals surface area contributed by atoms with Crippen molar-refractivity contribution >= 4 is 11.6 Å². The Balaban J connectivity index is 1.86. The van der Waals surface area contributed by atoms with Crippen molar-refractivity contribution < 1.29 is 9.90 Å². The zero-order chi connectivity index (χ0) is 16.4. The number of rotatable bonds is 4. The van der Waals surface area contributed by atoms with Crippen LogP contribution in [-0.4, -0.2) is 37.3 Å². The lowest BCUT2D eigenvalue weighted by molar-refractivity contribution is 0.0777. The van der Waals surface area contributed by atoms with Gasteiger partial charge in [0, 0.05) is 19.4 Å². The van der Waals surface area contributed by atoms with Gasteiger partial charge in [-0.2, -0.15) is 0 Å². The van der Waals surface area contributed by atoms with Gasteiger partial charge in [-0.1, -0.05) is 6.07 Å². The number of carbonyl (C=O) groups is 1. The zero-order valence-electron chi connectivity index (χ0n) is 13.1. The molecule has 3 aromatic rings. The number of carbonyl (C=O) groups excluding carboxylic acids is 1. The number of aromatic nitrogens is 3. The number of pyridine rings is 2. The van der Waals surface area contributed by atoms with E-state index in [1.54, 1.807) is 24.1 Å². The maximum absolute atomic E-state index is 12.5. The van der Waals surface area contributed by atoms with E-state index in [1.807, 2.05) is 35.7 Å². The Hall–Kier alpha value is -2.73. The molecular formula is C17H18N4O2. The number of hydrogen-bond acceptors (Lipinski definition) is 4. The van der Waals surface area contributed by atoms with Crippen LogP contribution in [0.2, 0.25) is 0 Å². The quantitative estimate of drug-likeness (QED) is 0.798. The highest BCUT2D eigenvalue weighted by Gasteiger charge is 2.17. The molecule has 0 saturated heterocycles.